The number of benzene rings is 2. The Hall–Kier alpha value is -2.81. The van der Waals surface area contributed by atoms with Crippen molar-refractivity contribution in [1.82, 2.24) is 9.78 Å². The number of hydrogen-bond donors (Lipinski definition) is 1. The molecule has 3 aromatic rings. The summed E-state index contributed by atoms with van der Waals surface area (Å²) in [6.07, 6.45) is -3.57. The third-order valence-electron chi connectivity index (χ3n) is 4.51. The van der Waals surface area contributed by atoms with Crippen molar-refractivity contribution in [3.8, 4) is 16.9 Å². The second-order valence-corrected chi connectivity index (χ2v) is 9.10. The number of hydrogen-bond acceptors (Lipinski definition) is 4. The number of alkyl halides is 3. The van der Waals surface area contributed by atoms with Crippen molar-refractivity contribution in [3.05, 3.63) is 59.8 Å². The van der Waals surface area contributed by atoms with E-state index < -0.39 is 21.7 Å². The van der Waals surface area contributed by atoms with E-state index in [9.17, 15) is 21.6 Å². The molecule has 9 heteroatoms. The van der Waals surface area contributed by atoms with Gasteiger partial charge in [0.1, 0.15) is 0 Å². The van der Waals surface area contributed by atoms with E-state index in [1.54, 1.807) is 18.2 Å². The highest BCUT2D eigenvalue weighted by Crippen LogP contribution is 2.34. The predicted octanol–water partition coefficient (Wildman–Crippen LogP) is 4.67. The second-order valence-electron chi connectivity index (χ2n) is 7.09. The first-order valence-electron chi connectivity index (χ1n) is 8.75. The predicted molar refractivity (Wildman–Crippen MR) is 106 cm³/mol. The van der Waals surface area contributed by atoms with E-state index in [4.69, 9.17) is 5.73 Å². The lowest BCUT2D eigenvalue weighted by molar-refractivity contribution is -0.141. The Bertz CT molecular complexity index is 1150. The summed E-state index contributed by atoms with van der Waals surface area (Å²) in [7, 11) is -3.42. The minimum absolute atomic E-state index is 0.0777. The molecule has 5 nitrogen and oxygen atoms in total. The SMILES string of the molecule is CC(C)c1ccc(-n2nc(C(F)(F)F)cc2-c2ccc(S(C)(=O)=O)cc2)cc1N. The number of nitrogens with two attached hydrogens (primary N) is 1. The zero-order valence-corrected chi connectivity index (χ0v) is 16.8. The lowest BCUT2D eigenvalue weighted by atomic mass is 10.0. The minimum atomic E-state index is -4.63. The minimum Gasteiger partial charge on any atom is -0.398 e. The third kappa shape index (κ3) is 4.29. The molecule has 0 saturated carbocycles. The van der Waals surface area contributed by atoms with E-state index in [2.05, 4.69) is 5.10 Å². The summed E-state index contributed by atoms with van der Waals surface area (Å²) in [5.41, 5.74) is 7.32. The lowest BCUT2D eigenvalue weighted by Crippen LogP contribution is -2.08. The maximum atomic E-state index is 13.3. The maximum absolute atomic E-state index is 13.3. The summed E-state index contributed by atoms with van der Waals surface area (Å²) in [5.74, 6) is 0.162. The van der Waals surface area contributed by atoms with Gasteiger partial charge in [0.2, 0.25) is 0 Å². The Kier molecular flexibility index (Phi) is 5.20. The van der Waals surface area contributed by atoms with Gasteiger partial charge < -0.3 is 5.73 Å². The second kappa shape index (κ2) is 7.22. The smallest absolute Gasteiger partial charge is 0.398 e. The van der Waals surface area contributed by atoms with E-state index in [-0.39, 0.29) is 16.5 Å². The van der Waals surface area contributed by atoms with Gasteiger partial charge in [-0.2, -0.15) is 18.3 Å². The van der Waals surface area contributed by atoms with Crippen molar-refractivity contribution in [2.24, 2.45) is 0 Å². The van der Waals surface area contributed by atoms with E-state index in [0.29, 0.717) is 16.9 Å². The molecule has 0 saturated heterocycles. The summed E-state index contributed by atoms with van der Waals surface area (Å²) in [5, 5.41) is 3.73. The van der Waals surface area contributed by atoms with E-state index >= 15 is 0 Å². The number of rotatable bonds is 4. The molecule has 2 N–H and O–H groups in total. The number of sulfone groups is 1. The molecule has 0 bridgehead atoms. The fourth-order valence-electron chi connectivity index (χ4n) is 3.01. The highest BCUT2D eigenvalue weighted by molar-refractivity contribution is 7.90. The first kappa shape index (κ1) is 20.9. The molecule has 2 aromatic carbocycles. The standard InChI is InChI=1S/C20H20F3N3O2S/c1-12(2)16-9-6-14(10-17(16)24)26-18(11-19(25-26)20(21,22)23)13-4-7-15(8-5-13)29(3,27)28/h4-12H,24H2,1-3H3. The van der Waals surface area contributed by atoms with Crippen LogP contribution in [0, 0.1) is 0 Å². The van der Waals surface area contributed by atoms with Gasteiger partial charge in [0.05, 0.1) is 16.3 Å². The summed E-state index contributed by atoms with van der Waals surface area (Å²) >= 11 is 0. The fraction of sp³-hybridized carbons (Fsp3) is 0.250. The van der Waals surface area contributed by atoms with Gasteiger partial charge in [0.25, 0.3) is 0 Å². The number of halogens is 3. The molecule has 154 valence electrons. The molecular formula is C20H20F3N3O2S. The molecule has 0 unspecified atom stereocenters. The Morgan fingerprint density at radius 3 is 2.14 bits per heavy atom. The first-order valence-corrected chi connectivity index (χ1v) is 10.6. The summed E-state index contributed by atoms with van der Waals surface area (Å²) < 4.78 is 64.4. The molecule has 0 aliphatic carbocycles. The molecule has 0 radical (unpaired) electrons. The fourth-order valence-corrected chi connectivity index (χ4v) is 3.65. The normalized spacial score (nSPS) is 12.5. The zero-order chi connectivity index (χ0) is 21.6. The number of aromatic nitrogens is 2. The monoisotopic (exact) mass is 423 g/mol. The summed E-state index contributed by atoms with van der Waals surface area (Å²) in [4.78, 5) is 0.0777. The molecule has 3 rings (SSSR count). The molecule has 29 heavy (non-hydrogen) atoms. The topological polar surface area (TPSA) is 78.0 Å². The van der Waals surface area contributed by atoms with Crippen LogP contribution in [0.4, 0.5) is 18.9 Å². The van der Waals surface area contributed by atoms with Crippen molar-refractivity contribution < 1.29 is 21.6 Å². The van der Waals surface area contributed by atoms with Crippen molar-refractivity contribution in [2.75, 3.05) is 12.0 Å². The molecule has 0 aliphatic rings. The van der Waals surface area contributed by atoms with Crippen LogP contribution in [0.15, 0.2) is 53.4 Å². The van der Waals surface area contributed by atoms with Crippen LogP contribution < -0.4 is 5.73 Å². The Morgan fingerprint density at radius 1 is 1.03 bits per heavy atom. The molecule has 1 heterocycles. The van der Waals surface area contributed by atoms with Gasteiger partial charge in [-0.25, -0.2) is 13.1 Å². The summed E-state index contributed by atoms with van der Waals surface area (Å²) in [6.45, 7) is 3.94. The van der Waals surface area contributed by atoms with Crippen LogP contribution in [0.25, 0.3) is 16.9 Å². The highest BCUT2D eigenvalue weighted by Gasteiger charge is 2.35. The van der Waals surface area contributed by atoms with E-state index in [1.807, 2.05) is 13.8 Å². The van der Waals surface area contributed by atoms with E-state index in [1.165, 1.54) is 28.9 Å². The average Bonchev–Trinajstić information content (AvgIpc) is 3.06. The van der Waals surface area contributed by atoms with Crippen LogP contribution in [0.5, 0.6) is 0 Å². The average molecular weight is 423 g/mol. The van der Waals surface area contributed by atoms with Crippen molar-refractivity contribution in [1.29, 1.82) is 0 Å². The Balaban J connectivity index is 2.17. The Morgan fingerprint density at radius 2 is 1.66 bits per heavy atom. The van der Waals surface area contributed by atoms with Gasteiger partial charge in [0.15, 0.2) is 15.5 Å². The van der Waals surface area contributed by atoms with Crippen LogP contribution in [0.1, 0.15) is 31.0 Å². The quantitative estimate of drug-likeness (QED) is 0.619. The van der Waals surface area contributed by atoms with Gasteiger partial charge in [-0.05, 0) is 41.8 Å². The van der Waals surface area contributed by atoms with Crippen LogP contribution >= 0.6 is 0 Å². The van der Waals surface area contributed by atoms with Crippen LogP contribution in [-0.2, 0) is 16.0 Å². The maximum Gasteiger partial charge on any atom is 0.435 e. The van der Waals surface area contributed by atoms with E-state index in [0.717, 1.165) is 17.9 Å². The van der Waals surface area contributed by atoms with Crippen molar-refractivity contribution in [3.63, 3.8) is 0 Å². The largest absolute Gasteiger partial charge is 0.435 e. The summed E-state index contributed by atoms with van der Waals surface area (Å²) in [6, 6.07) is 11.6. The van der Waals surface area contributed by atoms with Gasteiger partial charge in [0, 0.05) is 17.5 Å². The number of nitrogen functional groups attached to an aromatic ring is 1. The zero-order valence-electron chi connectivity index (χ0n) is 16.0. The van der Waals surface area contributed by atoms with Crippen LogP contribution in [0.3, 0.4) is 0 Å². The van der Waals surface area contributed by atoms with Gasteiger partial charge >= 0.3 is 6.18 Å². The first-order chi connectivity index (χ1) is 13.4. The van der Waals surface area contributed by atoms with Crippen LogP contribution in [-0.4, -0.2) is 24.5 Å². The molecular weight excluding hydrogens is 403 g/mol. The molecule has 0 fully saturated rings. The molecule has 0 spiro atoms. The molecule has 0 atom stereocenters. The number of anilines is 1. The molecule has 0 aliphatic heterocycles. The third-order valence-corrected chi connectivity index (χ3v) is 5.64. The van der Waals surface area contributed by atoms with Crippen LogP contribution in [0.2, 0.25) is 0 Å². The lowest BCUT2D eigenvalue weighted by Gasteiger charge is -2.13. The van der Waals surface area contributed by atoms with Gasteiger partial charge in [-0.1, -0.05) is 32.0 Å². The number of nitrogens with zero attached hydrogens (tertiary/aromatic N) is 2. The van der Waals surface area contributed by atoms with Crippen molar-refractivity contribution >= 4 is 15.5 Å². The van der Waals surface area contributed by atoms with Gasteiger partial charge in [-0.3, -0.25) is 0 Å². The molecule has 0 amide bonds. The molecule has 1 aromatic heterocycles. The van der Waals surface area contributed by atoms with Crippen molar-refractivity contribution in [2.45, 2.75) is 30.8 Å². The highest BCUT2D eigenvalue weighted by atomic mass is 32.2. The Labute approximate surface area is 166 Å². The van der Waals surface area contributed by atoms with Gasteiger partial charge in [-0.15, -0.1) is 0 Å².